The van der Waals surface area contributed by atoms with E-state index in [1.54, 1.807) is 17.9 Å². The van der Waals surface area contributed by atoms with Crippen molar-refractivity contribution in [1.29, 1.82) is 0 Å². The number of ether oxygens (including phenoxy) is 2. The molecule has 8 heteroatoms. The average Bonchev–Trinajstić information content (AvgIpc) is 3.20. The second-order valence-electron chi connectivity index (χ2n) is 6.76. The van der Waals surface area contributed by atoms with Gasteiger partial charge in [-0.3, -0.25) is 9.59 Å². The first-order valence-electron chi connectivity index (χ1n) is 9.59. The quantitative estimate of drug-likeness (QED) is 0.576. The highest BCUT2D eigenvalue weighted by molar-refractivity contribution is 7.13. The number of hydrogen-bond acceptors (Lipinski definition) is 7. The van der Waals surface area contributed by atoms with Gasteiger partial charge in [0, 0.05) is 17.6 Å². The van der Waals surface area contributed by atoms with Crippen LogP contribution in [-0.2, 0) is 20.9 Å². The molecule has 0 saturated heterocycles. The van der Waals surface area contributed by atoms with Gasteiger partial charge in [0.2, 0.25) is 0 Å². The van der Waals surface area contributed by atoms with Crippen molar-refractivity contribution in [1.82, 2.24) is 4.98 Å². The van der Waals surface area contributed by atoms with Crippen molar-refractivity contribution in [3.8, 4) is 5.75 Å². The van der Waals surface area contributed by atoms with Crippen LogP contribution in [-0.4, -0.2) is 29.5 Å². The highest BCUT2D eigenvalue weighted by Gasteiger charge is 2.31. The molecule has 0 aliphatic carbocycles. The van der Waals surface area contributed by atoms with Gasteiger partial charge < -0.3 is 19.7 Å². The fourth-order valence-corrected chi connectivity index (χ4v) is 3.81. The van der Waals surface area contributed by atoms with E-state index in [0.717, 1.165) is 10.8 Å². The number of carbonyl (C=O) groups excluding carboxylic acids is 2. The molecule has 1 amide bonds. The summed E-state index contributed by atoms with van der Waals surface area (Å²) >= 11 is 1.44. The van der Waals surface area contributed by atoms with Crippen LogP contribution in [0.15, 0.2) is 60.0 Å². The van der Waals surface area contributed by atoms with Gasteiger partial charge in [0.05, 0.1) is 17.8 Å². The summed E-state index contributed by atoms with van der Waals surface area (Å²) in [5.41, 5.74) is 2.29. The lowest BCUT2D eigenvalue weighted by molar-refractivity contribution is -0.144. The molecule has 0 bridgehead atoms. The van der Waals surface area contributed by atoms with Gasteiger partial charge in [-0.2, -0.15) is 0 Å². The number of fused-ring (bicyclic) bond motifs is 1. The summed E-state index contributed by atoms with van der Waals surface area (Å²) in [7, 11) is 0. The monoisotopic (exact) mass is 423 g/mol. The molecule has 2 heterocycles. The minimum absolute atomic E-state index is 0.0893. The van der Waals surface area contributed by atoms with E-state index in [-0.39, 0.29) is 31.4 Å². The Hall–Kier alpha value is -3.39. The van der Waals surface area contributed by atoms with Crippen molar-refractivity contribution in [3.63, 3.8) is 0 Å². The van der Waals surface area contributed by atoms with E-state index in [1.165, 1.54) is 11.3 Å². The van der Waals surface area contributed by atoms with Crippen molar-refractivity contribution in [2.75, 3.05) is 16.8 Å². The van der Waals surface area contributed by atoms with Gasteiger partial charge in [0.1, 0.15) is 12.4 Å². The maximum atomic E-state index is 12.5. The number of thiazole rings is 1. The molecule has 1 aliphatic rings. The lowest BCUT2D eigenvalue weighted by Crippen LogP contribution is -2.45. The van der Waals surface area contributed by atoms with Crippen LogP contribution in [0.5, 0.6) is 5.75 Å². The molecule has 1 atom stereocenters. The van der Waals surface area contributed by atoms with Gasteiger partial charge in [-0.25, -0.2) is 4.98 Å². The number of aromatic nitrogens is 1. The number of nitrogens with zero attached hydrogens (tertiary/aromatic N) is 2. The predicted octanol–water partition coefficient (Wildman–Crippen LogP) is 4.13. The maximum absolute atomic E-state index is 12.5. The summed E-state index contributed by atoms with van der Waals surface area (Å²) in [4.78, 5) is 30.7. The van der Waals surface area contributed by atoms with Crippen molar-refractivity contribution in [3.05, 3.63) is 65.7 Å². The first kappa shape index (κ1) is 19.9. The third-order valence-corrected chi connectivity index (χ3v) is 5.38. The Labute approximate surface area is 178 Å². The molecular weight excluding hydrogens is 402 g/mol. The summed E-state index contributed by atoms with van der Waals surface area (Å²) < 4.78 is 11.0. The Morgan fingerprint density at radius 2 is 1.97 bits per heavy atom. The second-order valence-corrected chi connectivity index (χ2v) is 7.62. The lowest BCUT2D eigenvalue weighted by atomic mass is 10.2. The predicted molar refractivity (Wildman–Crippen MR) is 115 cm³/mol. The van der Waals surface area contributed by atoms with E-state index in [4.69, 9.17) is 9.47 Å². The van der Waals surface area contributed by atoms with E-state index in [9.17, 15) is 9.59 Å². The smallest absolute Gasteiger partial charge is 0.307 e. The molecule has 0 unspecified atom stereocenters. The first-order chi connectivity index (χ1) is 14.6. The number of hydrogen-bond donors (Lipinski definition) is 1. The van der Waals surface area contributed by atoms with Crippen molar-refractivity contribution < 1.29 is 19.1 Å². The number of para-hydroxylation sites is 3. The van der Waals surface area contributed by atoms with Gasteiger partial charge in [-0.05, 0) is 31.2 Å². The number of amides is 1. The standard InChI is InChI=1S/C22H21N3O4S/c1-15-21(27)25(18-9-5-6-10-19(18)29-15)12-11-20(26)28-13-17-14-30-22(24-17)23-16-7-3-2-4-8-16/h2-10,14-15H,11-13H2,1H3,(H,23,24)/t15-/m0/s1. The molecule has 0 fully saturated rings. The average molecular weight is 423 g/mol. The SMILES string of the molecule is C[C@@H]1Oc2ccccc2N(CCC(=O)OCc2csc(Nc3ccccc3)n2)C1=O. The second kappa shape index (κ2) is 8.96. The van der Waals surface area contributed by atoms with E-state index in [1.807, 2.05) is 53.9 Å². The molecule has 0 spiro atoms. The van der Waals surface area contributed by atoms with Gasteiger partial charge >= 0.3 is 5.97 Å². The van der Waals surface area contributed by atoms with Crippen LogP contribution < -0.4 is 15.0 Å². The fraction of sp³-hybridized carbons (Fsp3) is 0.227. The highest BCUT2D eigenvalue weighted by atomic mass is 32.1. The molecule has 1 N–H and O–H groups in total. The summed E-state index contributed by atoms with van der Waals surface area (Å²) in [6.45, 7) is 2.03. The molecule has 0 saturated carbocycles. The van der Waals surface area contributed by atoms with Crippen LogP contribution in [0.4, 0.5) is 16.5 Å². The third-order valence-electron chi connectivity index (χ3n) is 4.57. The molecule has 1 aromatic heterocycles. The number of esters is 1. The zero-order chi connectivity index (χ0) is 20.9. The van der Waals surface area contributed by atoms with E-state index >= 15 is 0 Å². The molecule has 2 aromatic carbocycles. The molecule has 1 aliphatic heterocycles. The number of rotatable bonds is 7. The number of nitrogens with one attached hydrogen (secondary N) is 1. The Balaban J connectivity index is 1.29. The summed E-state index contributed by atoms with van der Waals surface area (Å²) in [6.07, 6.45) is -0.493. The van der Waals surface area contributed by atoms with Crippen molar-refractivity contribution >= 4 is 39.7 Å². The topological polar surface area (TPSA) is 80.8 Å². The lowest BCUT2D eigenvalue weighted by Gasteiger charge is -2.32. The van der Waals surface area contributed by atoms with Gasteiger partial charge in [-0.1, -0.05) is 30.3 Å². The molecular formula is C22H21N3O4S. The van der Waals surface area contributed by atoms with Crippen LogP contribution in [0, 0.1) is 0 Å². The zero-order valence-corrected chi connectivity index (χ0v) is 17.2. The summed E-state index contributed by atoms with van der Waals surface area (Å²) in [5.74, 6) is 0.0847. The maximum Gasteiger partial charge on any atom is 0.307 e. The van der Waals surface area contributed by atoms with Gasteiger partial charge in [-0.15, -0.1) is 11.3 Å². The van der Waals surface area contributed by atoms with E-state index < -0.39 is 6.10 Å². The zero-order valence-electron chi connectivity index (χ0n) is 16.4. The minimum Gasteiger partial charge on any atom is -0.479 e. The highest BCUT2D eigenvalue weighted by Crippen LogP contribution is 2.33. The summed E-state index contributed by atoms with van der Waals surface area (Å²) in [5, 5.41) is 5.79. The van der Waals surface area contributed by atoms with Crippen LogP contribution >= 0.6 is 11.3 Å². The Morgan fingerprint density at radius 3 is 2.80 bits per heavy atom. The minimum atomic E-state index is -0.582. The summed E-state index contributed by atoms with van der Waals surface area (Å²) in [6, 6.07) is 17.0. The van der Waals surface area contributed by atoms with Crippen molar-refractivity contribution in [2.45, 2.75) is 26.1 Å². The van der Waals surface area contributed by atoms with Crippen LogP contribution in [0.3, 0.4) is 0 Å². The van der Waals surface area contributed by atoms with Gasteiger partial charge in [0.15, 0.2) is 11.2 Å². The number of benzene rings is 2. The molecule has 7 nitrogen and oxygen atoms in total. The Bertz CT molecular complexity index is 1040. The largest absolute Gasteiger partial charge is 0.479 e. The van der Waals surface area contributed by atoms with Gasteiger partial charge in [0.25, 0.3) is 5.91 Å². The Morgan fingerprint density at radius 1 is 1.20 bits per heavy atom. The first-order valence-corrected chi connectivity index (χ1v) is 10.5. The van der Waals surface area contributed by atoms with E-state index in [2.05, 4.69) is 10.3 Å². The molecule has 30 heavy (non-hydrogen) atoms. The fourth-order valence-electron chi connectivity index (χ4n) is 3.09. The molecule has 4 rings (SSSR count). The van der Waals surface area contributed by atoms with Crippen LogP contribution in [0.1, 0.15) is 19.0 Å². The number of anilines is 3. The van der Waals surface area contributed by atoms with E-state index in [0.29, 0.717) is 17.1 Å². The normalized spacial score (nSPS) is 15.3. The molecule has 154 valence electrons. The van der Waals surface area contributed by atoms with Crippen molar-refractivity contribution in [2.24, 2.45) is 0 Å². The molecule has 3 aromatic rings. The van der Waals surface area contributed by atoms with Crippen LogP contribution in [0.25, 0.3) is 0 Å². The molecule has 0 radical (unpaired) electrons. The number of carbonyl (C=O) groups is 2. The Kier molecular flexibility index (Phi) is 5.94. The van der Waals surface area contributed by atoms with Crippen LogP contribution in [0.2, 0.25) is 0 Å². The third kappa shape index (κ3) is 4.60.